The first kappa shape index (κ1) is 29.9. The molecule has 0 bridgehead atoms. The molecule has 2 heterocycles. The van der Waals surface area contributed by atoms with Gasteiger partial charge in [-0.15, -0.1) is 0 Å². The minimum Gasteiger partial charge on any atom is -0.375 e. The molecule has 7 heteroatoms. The minimum absolute atomic E-state index is 0.0633. The van der Waals surface area contributed by atoms with Crippen LogP contribution in [0.1, 0.15) is 37.0 Å². The molecule has 6 atom stereocenters. The zero-order chi connectivity index (χ0) is 28.7. The number of ether oxygens (including phenoxy) is 6. The summed E-state index contributed by atoms with van der Waals surface area (Å²) in [6.07, 6.45) is -0.255. The number of likely N-dealkylation sites (tertiary alicyclic amines) is 1. The third-order valence-electron chi connectivity index (χ3n) is 8.47. The standard InChI is InChI=1S/C34H43NO6/c1-33(36-3)34(2,37-4)41-32-30(40-33)20-29(25-38-23-27-16-10-6-11-17-27)35(21-26-14-8-5-9-15-26)22-31(32)39-24-28-18-12-7-13-19-28/h5-19,29-32H,20-25H2,1-4H3/t29-,30+,31-,32-,33-,34-/m0/s1. The SMILES string of the molecule is CO[C@@]1(C)O[C@@H]2[C@@H](OCc3ccccc3)CN(Cc3ccccc3)[C@H](COCc3ccccc3)C[C@H]2O[C@]1(C)OC. The van der Waals surface area contributed by atoms with Gasteiger partial charge in [0.15, 0.2) is 0 Å². The van der Waals surface area contributed by atoms with Crippen LogP contribution in [0.5, 0.6) is 0 Å². The maximum Gasteiger partial charge on any atom is 0.220 e. The van der Waals surface area contributed by atoms with Crippen molar-refractivity contribution in [3.05, 3.63) is 108 Å². The van der Waals surface area contributed by atoms with Crippen molar-refractivity contribution in [1.29, 1.82) is 0 Å². The lowest BCUT2D eigenvalue weighted by Gasteiger charge is -2.53. The molecule has 3 aromatic carbocycles. The molecule has 0 unspecified atom stereocenters. The van der Waals surface area contributed by atoms with E-state index in [0.29, 0.717) is 32.8 Å². The van der Waals surface area contributed by atoms with Crippen LogP contribution in [-0.4, -0.2) is 68.2 Å². The van der Waals surface area contributed by atoms with Crippen LogP contribution in [0.25, 0.3) is 0 Å². The van der Waals surface area contributed by atoms with Gasteiger partial charge in [-0.1, -0.05) is 91.0 Å². The highest BCUT2D eigenvalue weighted by atomic mass is 16.8. The Bertz CT molecular complexity index is 1200. The Kier molecular flexibility index (Phi) is 9.88. The largest absolute Gasteiger partial charge is 0.375 e. The quantitative estimate of drug-likeness (QED) is 0.303. The molecule has 220 valence electrons. The number of rotatable bonds is 11. The lowest BCUT2D eigenvalue weighted by Crippen LogP contribution is -2.67. The maximum absolute atomic E-state index is 6.77. The van der Waals surface area contributed by atoms with Gasteiger partial charge in [-0.2, -0.15) is 0 Å². The molecule has 0 N–H and O–H groups in total. The van der Waals surface area contributed by atoms with Crippen LogP contribution in [-0.2, 0) is 48.2 Å². The van der Waals surface area contributed by atoms with Crippen LogP contribution >= 0.6 is 0 Å². The van der Waals surface area contributed by atoms with Gasteiger partial charge >= 0.3 is 0 Å². The van der Waals surface area contributed by atoms with Gasteiger partial charge in [0.05, 0.1) is 32.0 Å². The summed E-state index contributed by atoms with van der Waals surface area (Å²) in [5, 5.41) is 0. The molecule has 2 saturated heterocycles. The average molecular weight is 562 g/mol. The Balaban J connectivity index is 1.44. The second kappa shape index (κ2) is 13.6. The van der Waals surface area contributed by atoms with Crippen LogP contribution in [0.3, 0.4) is 0 Å². The third-order valence-corrected chi connectivity index (χ3v) is 8.47. The normalized spacial score (nSPS) is 30.4. The van der Waals surface area contributed by atoms with Crippen molar-refractivity contribution in [2.75, 3.05) is 27.4 Å². The highest BCUT2D eigenvalue weighted by Gasteiger charge is 2.59. The van der Waals surface area contributed by atoms with Crippen LogP contribution in [0, 0.1) is 0 Å². The summed E-state index contributed by atoms with van der Waals surface area (Å²) in [4.78, 5) is 2.45. The molecule has 2 aliphatic heterocycles. The summed E-state index contributed by atoms with van der Waals surface area (Å²) >= 11 is 0. The van der Waals surface area contributed by atoms with Gasteiger partial charge in [0, 0.05) is 33.4 Å². The van der Waals surface area contributed by atoms with Gasteiger partial charge in [0.1, 0.15) is 6.10 Å². The van der Waals surface area contributed by atoms with Gasteiger partial charge in [-0.3, -0.25) is 4.90 Å². The number of benzene rings is 3. The zero-order valence-electron chi connectivity index (χ0n) is 24.6. The van der Waals surface area contributed by atoms with Gasteiger partial charge in [-0.25, -0.2) is 0 Å². The molecule has 3 aromatic rings. The molecule has 0 amide bonds. The second-order valence-electron chi connectivity index (χ2n) is 11.2. The van der Waals surface area contributed by atoms with E-state index in [-0.39, 0.29) is 24.4 Å². The van der Waals surface area contributed by atoms with E-state index in [0.717, 1.165) is 17.7 Å². The minimum atomic E-state index is -1.12. The Morgan fingerprint density at radius 1 is 0.732 bits per heavy atom. The van der Waals surface area contributed by atoms with Crippen LogP contribution in [0.2, 0.25) is 0 Å². The zero-order valence-corrected chi connectivity index (χ0v) is 24.6. The van der Waals surface area contributed by atoms with Crippen molar-refractivity contribution < 1.29 is 28.4 Å². The fourth-order valence-electron chi connectivity index (χ4n) is 5.77. The van der Waals surface area contributed by atoms with Crippen molar-refractivity contribution in [3.63, 3.8) is 0 Å². The van der Waals surface area contributed by atoms with Crippen molar-refractivity contribution in [3.8, 4) is 0 Å². The number of hydrogen-bond donors (Lipinski definition) is 0. The van der Waals surface area contributed by atoms with Crippen molar-refractivity contribution in [1.82, 2.24) is 4.90 Å². The summed E-state index contributed by atoms with van der Waals surface area (Å²) in [6, 6.07) is 31.1. The Hall–Kier alpha value is -2.62. The van der Waals surface area contributed by atoms with Crippen LogP contribution in [0.15, 0.2) is 91.0 Å². The highest BCUT2D eigenvalue weighted by molar-refractivity contribution is 5.16. The molecule has 41 heavy (non-hydrogen) atoms. The van der Waals surface area contributed by atoms with E-state index in [1.54, 1.807) is 14.2 Å². The fourth-order valence-corrected chi connectivity index (χ4v) is 5.77. The topological polar surface area (TPSA) is 58.6 Å². The summed E-state index contributed by atoms with van der Waals surface area (Å²) in [5.74, 6) is -2.22. The van der Waals surface area contributed by atoms with E-state index < -0.39 is 11.6 Å². The Morgan fingerprint density at radius 3 is 1.85 bits per heavy atom. The molecule has 2 aliphatic rings. The van der Waals surface area contributed by atoms with Crippen LogP contribution < -0.4 is 0 Å². The average Bonchev–Trinajstić information content (AvgIpc) is 3.14. The summed E-state index contributed by atoms with van der Waals surface area (Å²) < 4.78 is 38.3. The molecular weight excluding hydrogens is 518 g/mol. The van der Waals surface area contributed by atoms with E-state index in [4.69, 9.17) is 28.4 Å². The summed E-state index contributed by atoms with van der Waals surface area (Å²) in [5.41, 5.74) is 3.49. The monoisotopic (exact) mass is 561 g/mol. The van der Waals surface area contributed by atoms with E-state index in [9.17, 15) is 0 Å². The van der Waals surface area contributed by atoms with E-state index in [1.807, 2.05) is 56.3 Å². The summed E-state index contributed by atoms with van der Waals surface area (Å²) in [7, 11) is 3.25. The molecule has 0 aromatic heterocycles. The Morgan fingerprint density at radius 2 is 1.27 bits per heavy atom. The number of hydrogen-bond acceptors (Lipinski definition) is 7. The van der Waals surface area contributed by atoms with Gasteiger partial charge in [0.25, 0.3) is 0 Å². The molecule has 0 spiro atoms. The van der Waals surface area contributed by atoms with Gasteiger partial charge < -0.3 is 28.4 Å². The lowest BCUT2D eigenvalue weighted by molar-refractivity contribution is -0.454. The van der Waals surface area contributed by atoms with Crippen LogP contribution in [0.4, 0.5) is 0 Å². The molecule has 0 aliphatic carbocycles. The smallest absolute Gasteiger partial charge is 0.220 e. The number of methoxy groups -OCH3 is 2. The Labute approximate surface area is 244 Å². The first-order chi connectivity index (χ1) is 19.9. The number of nitrogens with zero attached hydrogens (tertiary/aromatic N) is 1. The molecule has 0 radical (unpaired) electrons. The molecule has 7 nitrogen and oxygen atoms in total. The van der Waals surface area contributed by atoms with Crippen molar-refractivity contribution in [2.24, 2.45) is 0 Å². The predicted molar refractivity (Wildman–Crippen MR) is 157 cm³/mol. The lowest BCUT2D eigenvalue weighted by atomic mass is 9.97. The third kappa shape index (κ3) is 7.07. The molecule has 5 rings (SSSR count). The number of fused-ring (bicyclic) bond motifs is 1. The highest BCUT2D eigenvalue weighted by Crippen LogP contribution is 2.43. The van der Waals surface area contributed by atoms with Crippen molar-refractivity contribution in [2.45, 2.75) is 76.0 Å². The molecule has 2 fully saturated rings. The molecular formula is C34H43NO6. The van der Waals surface area contributed by atoms with E-state index >= 15 is 0 Å². The van der Waals surface area contributed by atoms with Crippen molar-refractivity contribution >= 4 is 0 Å². The van der Waals surface area contributed by atoms with E-state index in [2.05, 4.69) is 53.4 Å². The first-order valence-electron chi connectivity index (χ1n) is 14.4. The predicted octanol–water partition coefficient (Wildman–Crippen LogP) is 5.57. The fraction of sp³-hybridized carbons (Fsp3) is 0.471. The molecule has 0 saturated carbocycles. The summed E-state index contributed by atoms with van der Waals surface area (Å²) in [6.45, 7) is 6.72. The van der Waals surface area contributed by atoms with E-state index in [1.165, 1.54) is 5.56 Å². The first-order valence-corrected chi connectivity index (χ1v) is 14.4. The second-order valence-corrected chi connectivity index (χ2v) is 11.2. The van der Waals surface area contributed by atoms with Gasteiger partial charge in [0.2, 0.25) is 11.6 Å². The van der Waals surface area contributed by atoms with Gasteiger partial charge in [-0.05, 0) is 37.0 Å². The maximum atomic E-state index is 6.77.